The van der Waals surface area contributed by atoms with Gasteiger partial charge in [-0.05, 0) is 0 Å². The molecule has 0 bridgehead atoms. The molecule has 2 rings (SSSR count). The second kappa shape index (κ2) is 12.2. The van der Waals surface area contributed by atoms with Gasteiger partial charge in [0.25, 0.3) is 0 Å². The Hall–Kier alpha value is -1.21. The van der Waals surface area contributed by atoms with Gasteiger partial charge in [0, 0.05) is 28.4 Å². The Labute approximate surface area is 157 Å². The molecule has 0 aliphatic heterocycles. The largest absolute Gasteiger partial charge is 0.388 e. The molecule has 0 aliphatic rings. The van der Waals surface area contributed by atoms with Crippen LogP contribution in [-0.2, 0) is 9.47 Å². The molecule has 0 N–H and O–H groups in total. The van der Waals surface area contributed by atoms with E-state index in [1.54, 1.807) is 38.8 Å². The molecule has 0 heterocycles. The fraction of sp³-hybridized carbons (Fsp3) is 0.429. The molecule has 25 heavy (non-hydrogen) atoms. The van der Waals surface area contributed by atoms with Gasteiger partial charge in [-0.3, -0.25) is 0 Å². The van der Waals surface area contributed by atoms with Crippen LogP contribution in [0.5, 0.6) is 0 Å². The highest BCUT2D eigenvalue weighted by Gasteiger charge is 2.34. The minimum Gasteiger partial charge on any atom is -0.388 e. The van der Waals surface area contributed by atoms with Crippen molar-refractivity contribution >= 4 is 26.5 Å². The smallest absolute Gasteiger partial charge is 0.0783 e. The number of hydrogen-bond donors (Lipinski definition) is 0. The summed E-state index contributed by atoms with van der Waals surface area (Å²) in [6.07, 6.45) is 0. The van der Waals surface area contributed by atoms with Crippen molar-refractivity contribution in [2.45, 2.75) is 31.9 Å². The Bertz CT molecular complexity index is 503. The molecule has 2 aromatic rings. The standard InChI is InChI=1S/C17H24Si2.2C2H6O/c1-18(2,16-11-7-5-8-12-16)15-19(3,4)17-13-9-6-10-14-17;2*1-3-2/h5-14H,15H2,1-4H3;2*1-2H3. The molecular formula is C21H36O2Si2. The predicted octanol–water partition coefficient (Wildman–Crippen LogP) is 4.28. The van der Waals surface area contributed by atoms with E-state index in [0.29, 0.717) is 0 Å². The number of rotatable bonds is 4. The maximum absolute atomic E-state index is 4.25. The van der Waals surface area contributed by atoms with Crippen LogP contribution in [0.3, 0.4) is 0 Å². The summed E-state index contributed by atoms with van der Waals surface area (Å²) in [6.45, 7) is 10.1. The molecule has 0 aliphatic carbocycles. The first-order valence-corrected chi connectivity index (χ1v) is 15.1. The molecule has 0 saturated heterocycles. The number of methoxy groups -OCH3 is 2. The minimum atomic E-state index is -1.34. The molecule has 0 saturated carbocycles. The number of hydrogen-bond acceptors (Lipinski definition) is 2. The van der Waals surface area contributed by atoms with Crippen LogP contribution in [-0.4, -0.2) is 44.6 Å². The lowest BCUT2D eigenvalue weighted by Crippen LogP contribution is -2.53. The molecule has 140 valence electrons. The maximum Gasteiger partial charge on any atom is 0.0783 e. The Morgan fingerprint density at radius 3 is 1.04 bits per heavy atom. The lowest BCUT2D eigenvalue weighted by molar-refractivity contribution is 0.277. The van der Waals surface area contributed by atoms with Crippen molar-refractivity contribution in [2.75, 3.05) is 28.4 Å². The van der Waals surface area contributed by atoms with Gasteiger partial charge in [0.2, 0.25) is 0 Å². The predicted molar refractivity (Wildman–Crippen MR) is 118 cm³/mol. The highest BCUT2D eigenvalue weighted by Crippen LogP contribution is 2.20. The van der Waals surface area contributed by atoms with E-state index in [9.17, 15) is 0 Å². The van der Waals surface area contributed by atoms with Crippen molar-refractivity contribution in [1.29, 1.82) is 0 Å². The zero-order valence-corrected chi connectivity index (χ0v) is 19.3. The van der Waals surface area contributed by atoms with Crippen molar-refractivity contribution in [3.05, 3.63) is 60.7 Å². The summed E-state index contributed by atoms with van der Waals surface area (Å²) >= 11 is 0. The first-order valence-electron chi connectivity index (χ1n) is 8.66. The zero-order valence-electron chi connectivity index (χ0n) is 17.3. The third-order valence-corrected chi connectivity index (χ3v) is 14.9. The van der Waals surface area contributed by atoms with Gasteiger partial charge in [-0.2, -0.15) is 0 Å². The highest BCUT2D eigenvalue weighted by atomic mass is 28.4. The molecule has 0 atom stereocenters. The van der Waals surface area contributed by atoms with Crippen LogP contribution in [0.1, 0.15) is 0 Å². The van der Waals surface area contributed by atoms with E-state index < -0.39 is 16.1 Å². The third-order valence-electron chi connectivity index (χ3n) is 3.99. The minimum absolute atomic E-state index is 1.34. The second-order valence-corrected chi connectivity index (χ2v) is 17.6. The van der Waals surface area contributed by atoms with E-state index in [0.717, 1.165) is 0 Å². The fourth-order valence-electron chi connectivity index (χ4n) is 3.09. The molecule has 2 aromatic carbocycles. The Morgan fingerprint density at radius 2 is 0.800 bits per heavy atom. The Balaban J connectivity index is 0.000000844. The quantitative estimate of drug-likeness (QED) is 0.741. The molecule has 4 heteroatoms. The van der Waals surface area contributed by atoms with Crippen LogP contribution < -0.4 is 10.4 Å². The van der Waals surface area contributed by atoms with Gasteiger partial charge < -0.3 is 9.47 Å². The SMILES string of the molecule is COC.COC.C[Si](C)(C[Si](C)(C)c1ccccc1)c1ccccc1. The van der Waals surface area contributed by atoms with Gasteiger partial charge in [0.1, 0.15) is 0 Å². The van der Waals surface area contributed by atoms with Gasteiger partial charge >= 0.3 is 0 Å². The number of benzene rings is 2. The second-order valence-electron chi connectivity index (χ2n) is 7.49. The summed E-state index contributed by atoms with van der Waals surface area (Å²) in [6, 6.07) is 22.2. The summed E-state index contributed by atoms with van der Waals surface area (Å²) in [7, 11) is 3.83. The van der Waals surface area contributed by atoms with Crippen LogP contribution in [0.15, 0.2) is 60.7 Å². The highest BCUT2D eigenvalue weighted by molar-refractivity contribution is 7.06. The summed E-state index contributed by atoms with van der Waals surface area (Å²) in [5, 5.41) is 3.18. The van der Waals surface area contributed by atoms with Gasteiger partial charge in [0.15, 0.2) is 0 Å². The molecular weight excluding hydrogens is 340 g/mol. The Kier molecular flexibility index (Phi) is 11.6. The first-order chi connectivity index (χ1) is 11.7. The van der Waals surface area contributed by atoms with Crippen molar-refractivity contribution < 1.29 is 9.47 Å². The topological polar surface area (TPSA) is 18.5 Å². The van der Waals surface area contributed by atoms with Gasteiger partial charge in [0.05, 0.1) is 16.1 Å². The molecule has 0 fully saturated rings. The summed E-state index contributed by atoms with van der Waals surface area (Å²) < 4.78 is 8.50. The zero-order chi connectivity index (χ0) is 19.3. The van der Waals surface area contributed by atoms with E-state index in [4.69, 9.17) is 0 Å². The van der Waals surface area contributed by atoms with Crippen LogP contribution in [0, 0.1) is 0 Å². The fourth-order valence-corrected chi connectivity index (χ4v) is 15.7. The third kappa shape index (κ3) is 9.16. The average Bonchev–Trinajstić information content (AvgIpc) is 2.57. The van der Waals surface area contributed by atoms with Crippen molar-refractivity contribution in [1.82, 2.24) is 0 Å². The van der Waals surface area contributed by atoms with Gasteiger partial charge in [-0.1, -0.05) is 103 Å². The van der Waals surface area contributed by atoms with E-state index in [1.807, 2.05) is 0 Å². The normalized spacial score (nSPS) is 10.9. The monoisotopic (exact) mass is 376 g/mol. The maximum atomic E-state index is 4.25. The molecule has 0 radical (unpaired) electrons. The molecule has 0 amide bonds. The molecule has 0 unspecified atom stereocenters. The van der Waals surface area contributed by atoms with Crippen LogP contribution in [0.2, 0.25) is 31.9 Å². The van der Waals surface area contributed by atoms with Gasteiger partial charge in [-0.25, -0.2) is 0 Å². The molecule has 0 spiro atoms. The summed E-state index contributed by atoms with van der Waals surface area (Å²) in [5.41, 5.74) is 1.41. The van der Waals surface area contributed by atoms with Crippen molar-refractivity contribution in [2.24, 2.45) is 0 Å². The number of ether oxygens (including phenoxy) is 2. The van der Waals surface area contributed by atoms with E-state index in [2.05, 4.69) is 96.3 Å². The lowest BCUT2D eigenvalue weighted by Gasteiger charge is -2.33. The van der Waals surface area contributed by atoms with Crippen molar-refractivity contribution in [3.8, 4) is 0 Å². The van der Waals surface area contributed by atoms with E-state index in [1.165, 1.54) is 5.67 Å². The lowest BCUT2D eigenvalue weighted by atomic mass is 10.4. The molecule has 2 nitrogen and oxygen atoms in total. The first kappa shape index (κ1) is 23.8. The Morgan fingerprint density at radius 1 is 0.560 bits per heavy atom. The van der Waals surface area contributed by atoms with E-state index >= 15 is 0 Å². The van der Waals surface area contributed by atoms with Crippen molar-refractivity contribution in [3.63, 3.8) is 0 Å². The van der Waals surface area contributed by atoms with Crippen LogP contribution in [0.25, 0.3) is 0 Å². The van der Waals surface area contributed by atoms with Gasteiger partial charge in [-0.15, -0.1) is 0 Å². The van der Waals surface area contributed by atoms with Crippen LogP contribution >= 0.6 is 0 Å². The molecule has 0 aromatic heterocycles. The van der Waals surface area contributed by atoms with E-state index in [-0.39, 0.29) is 0 Å². The summed E-state index contributed by atoms with van der Waals surface area (Å²) in [4.78, 5) is 0. The van der Waals surface area contributed by atoms with Crippen LogP contribution in [0.4, 0.5) is 0 Å². The average molecular weight is 377 g/mol. The summed E-state index contributed by atoms with van der Waals surface area (Å²) in [5.74, 6) is 0.